The number of rotatable bonds is 14. The molecule has 230 valence electrons. The predicted molar refractivity (Wildman–Crippen MR) is 159 cm³/mol. The van der Waals surface area contributed by atoms with E-state index in [0.717, 1.165) is 5.56 Å². The molecule has 2 aromatic carbocycles. The summed E-state index contributed by atoms with van der Waals surface area (Å²) in [5, 5.41) is 31.8. The number of carbonyl (C=O) groups is 3. The molecule has 0 aliphatic carbocycles. The standard InChI is InChI=1S/C31H44BNO9/c1-19(2)27(23(29(36)42-31(3,4)5)10-8-9-20-11-14-22(34)15-12-20)28(35)33-25(30(37)41-7)18-21-13-16-26(40-6)24(17-21)32(38)39/h11-17,19,23,25,27,34,38-39H,8-10,18H2,1-7H3,(H,33,35)/t23-,25-,27+/m0/s1. The highest BCUT2D eigenvalue weighted by Gasteiger charge is 2.39. The minimum absolute atomic E-state index is 0.00486. The lowest BCUT2D eigenvalue weighted by Crippen LogP contribution is -2.49. The summed E-state index contributed by atoms with van der Waals surface area (Å²) in [5.41, 5.74) is 0.873. The van der Waals surface area contributed by atoms with E-state index in [2.05, 4.69) is 5.32 Å². The highest BCUT2D eigenvalue weighted by molar-refractivity contribution is 6.59. The molecular formula is C31H44BNO9. The van der Waals surface area contributed by atoms with Gasteiger partial charge in [0.25, 0.3) is 0 Å². The summed E-state index contributed by atoms with van der Waals surface area (Å²) in [6.07, 6.45) is 1.59. The number of hydrogen-bond donors (Lipinski definition) is 4. The molecule has 0 aliphatic rings. The molecule has 0 heterocycles. The van der Waals surface area contributed by atoms with Gasteiger partial charge in [-0.3, -0.25) is 9.59 Å². The van der Waals surface area contributed by atoms with Crippen LogP contribution in [0, 0.1) is 17.8 Å². The van der Waals surface area contributed by atoms with Gasteiger partial charge >= 0.3 is 19.1 Å². The van der Waals surface area contributed by atoms with Crippen LogP contribution in [0.25, 0.3) is 0 Å². The average Bonchev–Trinajstić information content (AvgIpc) is 2.91. The Labute approximate surface area is 248 Å². The SMILES string of the molecule is COC(=O)[C@H](Cc1ccc(OC)c(B(O)O)c1)NC(=O)[C@H](C(C)C)[C@H](CCCc1ccc(O)cc1)C(=O)OC(C)(C)C. The third kappa shape index (κ3) is 10.4. The number of nitrogens with one attached hydrogen (secondary N) is 1. The summed E-state index contributed by atoms with van der Waals surface area (Å²) in [4.78, 5) is 40.0. The molecule has 0 spiro atoms. The molecule has 0 aliphatic heterocycles. The minimum atomic E-state index is -1.80. The van der Waals surface area contributed by atoms with Crippen LogP contribution in [0.4, 0.5) is 0 Å². The molecule has 0 bridgehead atoms. The second kappa shape index (κ2) is 15.6. The van der Waals surface area contributed by atoms with Crippen molar-refractivity contribution in [2.45, 2.75) is 71.9 Å². The van der Waals surface area contributed by atoms with Gasteiger partial charge in [-0.25, -0.2) is 4.79 Å². The van der Waals surface area contributed by atoms with Gasteiger partial charge in [-0.15, -0.1) is 0 Å². The van der Waals surface area contributed by atoms with Gasteiger partial charge in [-0.2, -0.15) is 0 Å². The molecule has 0 radical (unpaired) electrons. The Balaban J connectivity index is 2.33. The Morgan fingerprint density at radius 1 is 0.952 bits per heavy atom. The lowest BCUT2D eigenvalue weighted by Gasteiger charge is -2.31. The number of ether oxygens (including phenoxy) is 3. The van der Waals surface area contributed by atoms with Crippen LogP contribution in [-0.4, -0.2) is 66.0 Å². The number of aromatic hydroxyl groups is 1. The second-order valence-electron chi connectivity index (χ2n) is 11.7. The van der Waals surface area contributed by atoms with Crippen LogP contribution < -0.4 is 15.5 Å². The number of phenolic OH excluding ortho intramolecular Hbond substituents is 1. The summed E-state index contributed by atoms with van der Waals surface area (Å²) >= 11 is 0. The Morgan fingerprint density at radius 2 is 1.57 bits per heavy atom. The molecule has 0 aromatic heterocycles. The largest absolute Gasteiger partial charge is 0.508 e. The molecule has 0 saturated carbocycles. The molecule has 0 unspecified atom stereocenters. The molecular weight excluding hydrogens is 541 g/mol. The molecule has 2 rings (SSSR count). The van der Waals surface area contributed by atoms with Crippen LogP contribution >= 0.6 is 0 Å². The van der Waals surface area contributed by atoms with Crippen molar-refractivity contribution in [1.29, 1.82) is 0 Å². The van der Waals surface area contributed by atoms with Gasteiger partial charge < -0.3 is 34.7 Å². The molecule has 0 saturated heterocycles. The Kier molecular flexibility index (Phi) is 12.9. The summed E-state index contributed by atoms with van der Waals surface area (Å²) < 4.78 is 15.9. The van der Waals surface area contributed by atoms with Crippen molar-refractivity contribution in [3.05, 3.63) is 53.6 Å². The van der Waals surface area contributed by atoms with Gasteiger partial charge in [0, 0.05) is 11.9 Å². The number of amides is 1. The first-order valence-corrected chi connectivity index (χ1v) is 14.1. The van der Waals surface area contributed by atoms with Gasteiger partial charge in [0.15, 0.2) is 0 Å². The van der Waals surface area contributed by atoms with Crippen LogP contribution in [0.3, 0.4) is 0 Å². The highest BCUT2D eigenvalue weighted by atomic mass is 16.6. The fourth-order valence-electron chi connectivity index (χ4n) is 4.91. The first-order valence-electron chi connectivity index (χ1n) is 14.1. The van der Waals surface area contributed by atoms with E-state index in [0.29, 0.717) is 24.8 Å². The molecule has 4 N–H and O–H groups in total. The zero-order chi connectivity index (χ0) is 31.6. The maximum absolute atomic E-state index is 13.8. The van der Waals surface area contributed by atoms with Crippen molar-refractivity contribution in [2.75, 3.05) is 14.2 Å². The van der Waals surface area contributed by atoms with Crippen molar-refractivity contribution < 1.29 is 43.7 Å². The van der Waals surface area contributed by atoms with E-state index in [1.807, 2.05) is 26.0 Å². The van der Waals surface area contributed by atoms with Crippen LogP contribution in [-0.2, 0) is 36.7 Å². The highest BCUT2D eigenvalue weighted by Crippen LogP contribution is 2.30. The third-order valence-electron chi connectivity index (χ3n) is 6.90. The number of phenols is 1. The van der Waals surface area contributed by atoms with Gasteiger partial charge in [0.05, 0.1) is 26.1 Å². The number of benzene rings is 2. The van der Waals surface area contributed by atoms with Gasteiger partial charge in [0.2, 0.25) is 5.91 Å². The van der Waals surface area contributed by atoms with Crippen LogP contribution in [0.1, 0.15) is 58.6 Å². The number of methoxy groups -OCH3 is 2. The zero-order valence-electron chi connectivity index (χ0n) is 25.5. The van der Waals surface area contributed by atoms with Crippen molar-refractivity contribution in [3.63, 3.8) is 0 Å². The van der Waals surface area contributed by atoms with Gasteiger partial charge in [0.1, 0.15) is 23.1 Å². The number of aryl methyl sites for hydroxylation is 1. The average molecular weight is 586 g/mol. The van der Waals surface area contributed by atoms with E-state index >= 15 is 0 Å². The predicted octanol–water partition coefficient (Wildman–Crippen LogP) is 2.53. The first kappa shape index (κ1) is 34.6. The zero-order valence-corrected chi connectivity index (χ0v) is 25.5. The third-order valence-corrected chi connectivity index (χ3v) is 6.90. The second-order valence-corrected chi connectivity index (χ2v) is 11.7. The van der Waals surface area contributed by atoms with E-state index in [9.17, 15) is 29.5 Å². The monoisotopic (exact) mass is 585 g/mol. The minimum Gasteiger partial charge on any atom is -0.508 e. The van der Waals surface area contributed by atoms with Crippen molar-refractivity contribution in [2.24, 2.45) is 17.8 Å². The summed E-state index contributed by atoms with van der Waals surface area (Å²) in [5.74, 6) is -3.10. The summed E-state index contributed by atoms with van der Waals surface area (Å²) in [6, 6.07) is 10.4. The summed E-state index contributed by atoms with van der Waals surface area (Å²) in [7, 11) is 0.814. The van der Waals surface area contributed by atoms with E-state index in [1.54, 1.807) is 45.0 Å². The molecule has 10 nitrogen and oxygen atoms in total. The van der Waals surface area contributed by atoms with Gasteiger partial charge in [-0.1, -0.05) is 38.1 Å². The Bertz CT molecular complexity index is 1190. The van der Waals surface area contributed by atoms with Crippen molar-refractivity contribution >= 4 is 30.4 Å². The van der Waals surface area contributed by atoms with Crippen molar-refractivity contribution in [3.8, 4) is 11.5 Å². The fourth-order valence-corrected chi connectivity index (χ4v) is 4.91. The maximum atomic E-state index is 13.8. The van der Waals surface area contributed by atoms with Crippen LogP contribution in [0.5, 0.6) is 11.5 Å². The summed E-state index contributed by atoms with van der Waals surface area (Å²) in [6.45, 7) is 8.98. The van der Waals surface area contributed by atoms with E-state index in [4.69, 9.17) is 14.2 Å². The Hall–Kier alpha value is -3.57. The smallest absolute Gasteiger partial charge is 0.492 e. The lowest BCUT2D eigenvalue weighted by molar-refractivity contribution is -0.165. The fraction of sp³-hybridized carbons (Fsp3) is 0.516. The Morgan fingerprint density at radius 3 is 2.10 bits per heavy atom. The molecule has 42 heavy (non-hydrogen) atoms. The lowest BCUT2D eigenvalue weighted by atomic mass is 9.78. The van der Waals surface area contributed by atoms with Crippen LogP contribution in [0.15, 0.2) is 42.5 Å². The van der Waals surface area contributed by atoms with E-state index in [-0.39, 0.29) is 29.3 Å². The molecule has 3 atom stereocenters. The first-order chi connectivity index (χ1) is 19.7. The number of carbonyl (C=O) groups excluding carboxylic acids is 3. The topological polar surface area (TPSA) is 152 Å². The quantitative estimate of drug-likeness (QED) is 0.194. The van der Waals surface area contributed by atoms with Crippen molar-refractivity contribution in [1.82, 2.24) is 5.32 Å². The normalized spacial score (nSPS) is 13.6. The van der Waals surface area contributed by atoms with E-state index < -0.39 is 48.4 Å². The molecule has 0 fully saturated rings. The molecule has 11 heteroatoms. The van der Waals surface area contributed by atoms with Crippen LogP contribution in [0.2, 0.25) is 0 Å². The molecule has 1 amide bonds. The van der Waals surface area contributed by atoms with E-state index in [1.165, 1.54) is 20.3 Å². The maximum Gasteiger partial charge on any atom is 0.492 e. The number of esters is 2. The van der Waals surface area contributed by atoms with Gasteiger partial charge in [-0.05, 0) is 75.3 Å². The number of hydrogen-bond acceptors (Lipinski definition) is 9. The molecule has 2 aromatic rings.